The van der Waals surface area contributed by atoms with Gasteiger partial charge in [-0.2, -0.15) is 0 Å². The molecular formula is C17H25N3O2. The van der Waals surface area contributed by atoms with Crippen LogP contribution in [0.25, 0.3) is 0 Å². The largest absolute Gasteiger partial charge is 0.390 e. The maximum Gasteiger partial charge on any atom is 0.222 e. The predicted octanol–water partition coefficient (Wildman–Crippen LogP) is 1.54. The Kier molecular flexibility index (Phi) is 3.78. The van der Waals surface area contributed by atoms with Crippen LogP contribution in [0.5, 0.6) is 0 Å². The van der Waals surface area contributed by atoms with Crippen molar-refractivity contribution in [2.24, 2.45) is 17.8 Å². The molecule has 3 aliphatic carbocycles. The predicted molar refractivity (Wildman–Crippen MR) is 83.5 cm³/mol. The third-order valence-electron chi connectivity index (χ3n) is 5.89. The average Bonchev–Trinajstić information content (AvgIpc) is 2.96. The second kappa shape index (κ2) is 5.78. The summed E-state index contributed by atoms with van der Waals surface area (Å²) in [6.45, 7) is 0.795. The van der Waals surface area contributed by atoms with Gasteiger partial charge in [0, 0.05) is 18.4 Å². The molecule has 120 valence electrons. The van der Waals surface area contributed by atoms with Gasteiger partial charge in [0.2, 0.25) is 5.95 Å². The van der Waals surface area contributed by atoms with Gasteiger partial charge in [0.25, 0.3) is 0 Å². The molecule has 0 aromatic carbocycles. The zero-order valence-electron chi connectivity index (χ0n) is 12.9. The summed E-state index contributed by atoms with van der Waals surface area (Å²) in [6, 6.07) is 0. The molecule has 0 aliphatic heterocycles. The van der Waals surface area contributed by atoms with E-state index in [1.807, 2.05) is 6.20 Å². The highest BCUT2D eigenvalue weighted by Crippen LogP contribution is 2.48. The van der Waals surface area contributed by atoms with E-state index in [0.717, 1.165) is 38.2 Å². The SMILES string of the molecule is O[C@H]1[C@@H]2C[C@H](CNc3ncc4c(n3)CCCCC4)[C@@H](C2)[C@H]1O. The van der Waals surface area contributed by atoms with Gasteiger partial charge >= 0.3 is 0 Å². The van der Waals surface area contributed by atoms with E-state index in [-0.39, 0.29) is 11.8 Å². The minimum atomic E-state index is -0.543. The Morgan fingerprint density at radius 2 is 1.95 bits per heavy atom. The van der Waals surface area contributed by atoms with Crippen molar-refractivity contribution in [3.8, 4) is 0 Å². The topological polar surface area (TPSA) is 78.3 Å². The first-order chi connectivity index (χ1) is 10.7. The molecule has 1 heterocycles. The smallest absolute Gasteiger partial charge is 0.222 e. The minimum Gasteiger partial charge on any atom is -0.390 e. The van der Waals surface area contributed by atoms with Crippen molar-refractivity contribution in [1.29, 1.82) is 0 Å². The van der Waals surface area contributed by atoms with Crippen LogP contribution in [0.4, 0.5) is 5.95 Å². The molecule has 0 saturated heterocycles. The zero-order valence-corrected chi connectivity index (χ0v) is 12.9. The van der Waals surface area contributed by atoms with E-state index >= 15 is 0 Å². The van der Waals surface area contributed by atoms with Crippen molar-refractivity contribution in [3.63, 3.8) is 0 Å². The molecule has 1 aromatic heterocycles. The van der Waals surface area contributed by atoms with Crippen LogP contribution in [0.1, 0.15) is 43.4 Å². The quantitative estimate of drug-likeness (QED) is 0.738. The first kappa shape index (κ1) is 14.4. The monoisotopic (exact) mass is 303 g/mol. The fraction of sp³-hybridized carbons (Fsp3) is 0.765. The molecular weight excluding hydrogens is 278 g/mol. The number of nitrogens with one attached hydrogen (secondary N) is 1. The lowest BCUT2D eigenvalue weighted by molar-refractivity contribution is -0.0317. The number of aromatic nitrogens is 2. The summed E-state index contributed by atoms with van der Waals surface area (Å²) < 4.78 is 0. The van der Waals surface area contributed by atoms with Gasteiger partial charge in [-0.3, -0.25) is 0 Å². The van der Waals surface area contributed by atoms with Crippen LogP contribution in [0, 0.1) is 17.8 Å². The fourth-order valence-corrected chi connectivity index (χ4v) is 4.63. The van der Waals surface area contributed by atoms with Gasteiger partial charge in [0.1, 0.15) is 0 Å². The summed E-state index contributed by atoms with van der Waals surface area (Å²) in [6.07, 6.45) is 8.80. The average molecular weight is 303 g/mol. The number of aryl methyl sites for hydroxylation is 2. The highest BCUT2D eigenvalue weighted by Gasteiger charge is 2.51. The molecule has 3 aliphatic rings. The zero-order chi connectivity index (χ0) is 15.1. The van der Waals surface area contributed by atoms with Gasteiger partial charge in [-0.1, -0.05) is 6.42 Å². The summed E-state index contributed by atoms with van der Waals surface area (Å²) >= 11 is 0. The van der Waals surface area contributed by atoms with E-state index in [9.17, 15) is 10.2 Å². The first-order valence-electron chi connectivity index (χ1n) is 8.67. The lowest BCUT2D eigenvalue weighted by Crippen LogP contribution is -2.38. The van der Waals surface area contributed by atoms with Crippen LogP contribution >= 0.6 is 0 Å². The number of hydrogen-bond donors (Lipinski definition) is 3. The Hall–Kier alpha value is -1.20. The molecule has 5 heteroatoms. The van der Waals surface area contributed by atoms with Crippen LogP contribution < -0.4 is 5.32 Å². The van der Waals surface area contributed by atoms with E-state index in [4.69, 9.17) is 4.98 Å². The number of anilines is 1. The number of aliphatic hydroxyl groups is 2. The maximum absolute atomic E-state index is 10.0. The second-order valence-electron chi connectivity index (χ2n) is 7.24. The third-order valence-corrected chi connectivity index (χ3v) is 5.89. The molecule has 0 unspecified atom stereocenters. The van der Waals surface area contributed by atoms with Gasteiger partial charge in [-0.15, -0.1) is 0 Å². The molecule has 5 atom stereocenters. The Labute approximate surface area is 131 Å². The van der Waals surface area contributed by atoms with Crippen molar-refractivity contribution >= 4 is 5.95 Å². The van der Waals surface area contributed by atoms with Crippen molar-refractivity contribution in [1.82, 2.24) is 9.97 Å². The molecule has 1 aromatic rings. The lowest BCUT2D eigenvalue weighted by atomic mass is 9.85. The molecule has 2 fully saturated rings. The van der Waals surface area contributed by atoms with E-state index in [2.05, 4.69) is 10.3 Å². The van der Waals surface area contributed by atoms with Crippen molar-refractivity contribution in [2.45, 2.75) is 57.2 Å². The van der Waals surface area contributed by atoms with Gasteiger partial charge in [-0.05, 0) is 61.8 Å². The standard InChI is InChI=1S/C17H25N3O2/c21-15-11-6-12(13(7-11)16(15)22)9-19-17-18-8-10-4-2-1-3-5-14(10)20-17/h8,11-13,15-16,21-22H,1-7,9H2,(H,18,19,20)/t11-,12-,13-,15+,16-/m1/s1. The molecule has 5 nitrogen and oxygen atoms in total. The number of aliphatic hydroxyl groups excluding tert-OH is 2. The van der Waals surface area contributed by atoms with Gasteiger partial charge < -0.3 is 15.5 Å². The number of hydrogen-bond acceptors (Lipinski definition) is 5. The minimum absolute atomic E-state index is 0.230. The highest BCUT2D eigenvalue weighted by molar-refractivity contribution is 5.30. The molecule has 4 rings (SSSR count). The molecule has 2 saturated carbocycles. The summed E-state index contributed by atoms with van der Waals surface area (Å²) in [7, 11) is 0. The van der Waals surface area contributed by atoms with Crippen LogP contribution in [0.3, 0.4) is 0 Å². The number of rotatable bonds is 3. The van der Waals surface area contributed by atoms with Crippen molar-refractivity contribution in [2.75, 3.05) is 11.9 Å². The number of fused-ring (bicyclic) bond motifs is 3. The molecule has 22 heavy (non-hydrogen) atoms. The molecule has 0 radical (unpaired) electrons. The van der Waals surface area contributed by atoms with Gasteiger partial charge in [-0.25, -0.2) is 9.97 Å². The second-order valence-corrected chi connectivity index (χ2v) is 7.24. The molecule has 0 amide bonds. The number of nitrogens with zero attached hydrogens (tertiary/aromatic N) is 2. The molecule has 3 N–H and O–H groups in total. The summed E-state index contributed by atoms with van der Waals surface area (Å²) in [5.41, 5.74) is 2.51. The Morgan fingerprint density at radius 3 is 2.77 bits per heavy atom. The van der Waals surface area contributed by atoms with Crippen molar-refractivity contribution < 1.29 is 10.2 Å². The summed E-state index contributed by atoms with van der Waals surface area (Å²) in [4.78, 5) is 9.15. The lowest BCUT2D eigenvalue weighted by Gasteiger charge is -2.29. The van der Waals surface area contributed by atoms with Crippen LogP contribution in [-0.4, -0.2) is 38.9 Å². The Bertz CT molecular complexity index is 549. The van der Waals surface area contributed by atoms with E-state index < -0.39 is 12.2 Å². The van der Waals surface area contributed by atoms with Crippen LogP contribution in [-0.2, 0) is 12.8 Å². The van der Waals surface area contributed by atoms with Crippen LogP contribution in [0.15, 0.2) is 6.20 Å². The summed E-state index contributed by atoms with van der Waals surface area (Å²) in [5.74, 6) is 1.65. The van der Waals surface area contributed by atoms with Crippen molar-refractivity contribution in [3.05, 3.63) is 17.5 Å². The molecule has 0 spiro atoms. The normalized spacial score (nSPS) is 36.9. The van der Waals surface area contributed by atoms with E-state index in [1.165, 1.54) is 30.5 Å². The fourth-order valence-electron chi connectivity index (χ4n) is 4.63. The van der Waals surface area contributed by atoms with Gasteiger partial charge in [0.15, 0.2) is 0 Å². The van der Waals surface area contributed by atoms with E-state index in [0.29, 0.717) is 5.92 Å². The highest BCUT2D eigenvalue weighted by atomic mass is 16.3. The Morgan fingerprint density at radius 1 is 1.09 bits per heavy atom. The van der Waals surface area contributed by atoms with Gasteiger partial charge in [0.05, 0.1) is 12.2 Å². The molecule has 2 bridgehead atoms. The Balaban J connectivity index is 1.39. The van der Waals surface area contributed by atoms with Crippen LogP contribution in [0.2, 0.25) is 0 Å². The summed E-state index contributed by atoms with van der Waals surface area (Å²) in [5, 5.41) is 23.3. The van der Waals surface area contributed by atoms with E-state index in [1.54, 1.807) is 0 Å². The maximum atomic E-state index is 10.0. The third kappa shape index (κ3) is 2.50. The first-order valence-corrected chi connectivity index (χ1v) is 8.67.